The molecule has 1 aliphatic rings. The molecule has 0 spiro atoms. The first-order valence-corrected chi connectivity index (χ1v) is 5.93. The molecule has 4 heteroatoms. The number of rotatable bonds is 1. The van der Waals surface area contributed by atoms with Crippen molar-refractivity contribution in [3.8, 4) is 0 Å². The smallest absolute Gasteiger partial charge is 0.196 e. The summed E-state index contributed by atoms with van der Waals surface area (Å²) < 4.78 is 0. The van der Waals surface area contributed by atoms with Crippen LogP contribution in [0.3, 0.4) is 0 Å². The lowest BCUT2D eigenvalue weighted by molar-refractivity contribution is 0.0980. The van der Waals surface area contributed by atoms with Crippen LogP contribution in [0, 0.1) is 0 Å². The molecule has 0 heterocycles. The van der Waals surface area contributed by atoms with E-state index in [2.05, 4.69) is 5.32 Å². The Hall–Kier alpha value is -2.62. The van der Waals surface area contributed by atoms with Crippen molar-refractivity contribution in [3.05, 3.63) is 58.7 Å². The number of anilines is 2. The van der Waals surface area contributed by atoms with Crippen LogP contribution in [0.1, 0.15) is 31.8 Å². The van der Waals surface area contributed by atoms with Gasteiger partial charge in [0.05, 0.1) is 5.56 Å². The molecule has 1 aliphatic carbocycles. The van der Waals surface area contributed by atoms with Crippen molar-refractivity contribution in [2.24, 2.45) is 0 Å². The number of hydrogen-bond acceptors (Lipinski definition) is 4. The van der Waals surface area contributed by atoms with Crippen LogP contribution in [0.5, 0.6) is 0 Å². The molecule has 0 fully saturated rings. The van der Waals surface area contributed by atoms with Crippen LogP contribution in [0.2, 0.25) is 0 Å². The van der Waals surface area contributed by atoms with Crippen molar-refractivity contribution in [1.82, 2.24) is 0 Å². The zero-order chi connectivity index (χ0) is 13.6. The van der Waals surface area contributed by atoms with Gasteiger partial charge in [0.25, 0.3) is 0 Å². The quantitative estimate of drug-likeness (QED) is 0.650. The zero-order valence-electron chi connectivity index (χ0n) is 10.4. The molecule has 0 saturated carbocycles. The molecule has 0 radical (unpaired) electrons. The number of ketones is 2. The third-order valence-corrected chi connectivity index (χ3v) is 3.37. The Bertz CT molecular complexity index is 720. The first-order valence-electron chi connectivity index (χ1n) is 5.93. The van der Waals surface area contributed by atoms with E-state index in [-0.39, 0.29) is 11.6 Å². The van der Waals surface area contributed by atoms with Crippen molar-refractivity contribution < 1.29 is 9.59 Å². The van der Waals surface area contributed by atoms with Crippen LogP contribution in [0.4, 0.5) is 11.4 Å². The van der Waals surface area contributed by atoms with E-state index in [0.29, 0.717) is 27.9 Å². The summed E-state index contributed by atoms with van der Waals surface area (Å²) in [5, 5.41) is 2.96. The number of benzene rings is 2. The monoisotopic (exact) mass is 252 g/mol. The molecular weight excluding hydrogens is 240 g/mol. The second-order valence-electron chi connectivity index (χ2n) is 4.44. The second kappa shape index (κ2) is 3.95. The molecule has 0 unspecified atom stereocenters. The first kappa shape index (κ1) is 11.5. The van der Waals surface area contributed by atoms with Gasteiger partial charge in [-0.2, -0.15) is 0 Å². The van der Waals surface area contributed by atoms with E-state index in [1.165, 1.54) is 0 Å². The molecule has 19 heavy (non-hydrogen) atoms. The Morgan fingerprint density at radius 1 is 0.947 bits per heavy atom. The zero-order valence-corrected chi connectivity index (χ0v) is 10.4. The third kappa shape index (κ3) is 1.53. The maximum atomic E-state index is 12.4. The summed E-state index contributed by atoms with van der Waals surface area (Å²) in [4.78, 5) is 24.9. The van der Waals surface area contributed by atoms with Crippen LogP contribution >= 0.6 is 0 Å². The number of carbonyl (C=O) groups excluding carboxylic acids is 2. The van der Waals surface area contributed by atoms with E-state index in [0.717, 1.165) is 5.69 Å². The fourth-order valence-electron chi connectivity index (χ4n) is 2.38. The van der Waals surface area contributed by atoms with Gasteiger partial charge in [0.15, 0.2) is 11.6 Å². The highest BCUT2D eigenvalue weighted by atomic mass is 16.1. The van der Waals surface area contributed by atoms with E-state index in [1.54, 1.807) is 43.4 Å². The van der Waals surface area contributed by atoms with E-state index in [9.17, 15) is 9.59 Å². The van der Waals surface area contributed by atoms with Crippen LogP contribution in [-0.2, 0) is 0 Å². The Labute approximate surface area is 110 Å². The summed E-state index contributed by atoms with van der Waals surface area (Å²) in [6.07, 6.45) is 0. The fraction of sp³-hybridized carbons (Fsp3) is 0.0667. The maximum Gasteiger partial charge on any atom is 0.196 e. The van der Waals surface area contributed by atoms with E-state index in [1.807, 2.05) is 0 Å². The average Bonchev–Trinajstić information content (AvgIpc) is 2.44. The molecule has 0 aromatic heterocycles. The lowest BCUT2D eigenvalue weighted by Crippen LogP contribution is -2.22. The number of nitrogens with one attached hydrogen (secondary N) is 1. The number of nitrogens with two attached hydrogens (primary N) is 1. The summed E-state index contributed by atoms with van der Waals surface area (Å²) >= 11 is 0. The molecule has 3 rings (SSSR count). The Balaban J connectivity index is 2.29. The van der Waals surface area contributed by atoms with Crippen molar-refractivity contribution >= 4 is 22.9 Å². The minimum atomic E-state index is -0.189. The maximum absolute atomic E-state index is 12.4. The van der Waals surface area contributed by atoms with Crippen LogP contribution in [-0.4, -0.2) is 18.6 Å². The number of nitrogen functional groups attached to an aromatic ring is 1. The van der Waals surface area contributed by atoms with Gasteiger partial charge in [-0.25, -0.2) is 0 Å². The van der Waals surface area contributed by atoms with E-state index < -0.39 is 0 Å². The molecule has 0 saturated heterocycles. The SMILES string of the molecule is CNc1ccc2c(c1)C(=O)c1cccc(N)c1C2=O. The molecule has 0 aliphatic heterocycles. The summed E-state index contributed by atoms with van der Waals surface area (Å²) in [7, 11) is 1.77. The molecule has 4 nitrogen and oxygen atoms in total. The van der Waals surface area contributed by atoms with Crippen LogP contribution in [0.15, 0.2) is 36.4 Å². The Morgan fingerprint density at radius 3 is 2.47 bits per heavy atom. The molecule has 94 valence electrons. The molecular formula is C15H12N2O2. The largest absolute Gasteiger partial charge is 0.398 e. The van der Waals surface area contributed by atoms with Crippen molar-refractivity contribution in [2.75, 3.05) is 18.1 Å². The molecule has 3 N–H and O–H groups in total. The topological polar surface area (TPSA) is 72.2 Å². The Kier molecular flexibility index (Phi) is 2.38. The van der Waals surface area contributed by atoms with Gasteiger partial charge in [0.1, 0.15) is 0 Å². The summed E-state index contributed by atoms with van der Waals surface area (Å²) in [6.45, 7) is 0. The van der Waals surface area contributed by atoms with Crippen molar-refractivity contribution in [1.29, 1.82) is 0 Å². The minimum absolute atomic E-state index is 0.158. The molecule has 0 amide bonds. The Morgan fingerprint density at radius 2 is 1.74 bits per heavy atom. The predicted octanol–water partition coefficient (Wildman–Crippen LogP) is 2.09. The normalized spacial score (nSPS) is 12.9. The molecule has 0 bridgehead atoms. The van der Waals surface area contributed by atoms with Gasteiger partial charge < -0.3 is 11.1 Å². The first-order chi connectivity index (χ1) is 9.13. The number of fused-ring (bicyclic) bond motifs is 2. The van der Waals surface area contributed by atoms with Crippen LogP contribution < -0.4 is 11.1 Å². The van der Waals surface area contributed by atoms with E-state index >= 15 is 0 Å². The summed E-state index contributed by atoms with van der Waals surface area (Å²) in [5.74, 6) is -0.348. The molecule has 2 aromatic rings. The lowest BCUT2D eigenvalue weighted by Gasteiger charge is -2.19. The van der Waals surface area contributed by atoms with Gasteiger partial charge in [0, 0.05) is 35.1 Å². The predicted molar refractivity (Wildman–Crippen MR) is 73.7 cm³/mol. The fourth-order valence-corrected chi connectivity index (χ4v) is 2.38. The van der Waals surface area contributed by atoms with Gasteiger partial charge in [-0.3, -0.25) is 9.59 Å². The number of hydrogen-bond donors (Lipinski definition) is 2. The van der Waals surface area contributed by atoms with Gasteiger partial charge >= 0.3 is 0 Å². The van der Waals surface area contributed by atoms with Crippen LogP contribution in [0.25, 0.3) is 0 Å². The summed E-state index contributed by atoms with van der Waals surface area (Å²) in [5.41, 5.74) is 8.50. The third-order valence-electron chi connectivity index (χ3n) is 3.37. The van der Waals surface area contributed by atoms with Gasteiger partial charge in [-0.15, -0.1) is 0 Å². The second-order valence-corrected chi connectivity index (χ2v) is 4.44. The number of carbonyl (C=O) groups is 2. The minimum Gasteiger partial charge on any atom is -0.398 e. The lowest BCUT2D eigenvalue weighted by atomic mass is 9.83. The molecule has 2 aromatic carbocycles. The van der Waals surface area contributed by atoms with E-state index in [4.69, 9.17) is 5.73 Å². The highest BCUT2D eigenvalue weighted by Crippen LogP contribution is 2.31. The van der Waals surface area contributed by atoms with Crippen molar-refractivity contribution in [3.63, 3.8) is 0 Å². The van der Waals surface area contributed by atoms with Crippen molar-refractivity contribution in [2.45, 2.75) is 0 Å². The summed E-state index contributed by atoms with van der Waals surface area (Å²) in [6, 6.07) is 10.1. The highest BCUT2D eigenvalue weighted by Gasteiger charge is 2.31. The highest BCUT2D eigenvalue weighted by molar-refractivity contribution is 6.30. The standard InChI is InChI=1S/C15H12N2O2/c1-17-8-5-6-9-11(7-8)14(18)10-3-2-4-12(16)13(10)15(9)19/h2-7,17H,16H2,1H3. The van der Waals surface area contributed by atoms with Gasteiger partial charge in [0.2, 0.25) is 0 Å². The van der Waals surface area contributed by atoms with Gasteiger partial charge in [-0.05, 0) is 24.3 Å². The van der Waals surface area contributed by atoms with Gasteiger partial charge in [-0.1, -0.05) is 12.1 Å². The average molecular weight is 252 g/mol. The molecule has 0 atom stereocenters.